The fourth-order valence-corrected chi connectivity index (χ4v) is 4.03. The van der Waals surface area contributed by atoms with Crippen LogP contribution in [0.1, 0.15) is 16.7 Å². The molecule has 2 heterocycles. The van der Waals surface area contributed by atoms with E-state index in [0.29, 0.717) is 0 Å². The van der Waals surface area contributed by atoms with E-state index in [1.165, 1.54) is 34.1 Å². The van der Waals surface area contributed by atoms with Crippen LogP contribution in [-0.4, -0.2) is 54.1 Å². The van der Waals surface area contributed by atoms with Crippen LogP contribution in [0.3, 0.4) is 0 Å². The number of alkyl halides is 3. The van der Waals surface area contributed by atoms with Crippen LogP contribution in [0.25, 0.3) is 0 Å². The SMILES string of the molecule is N#Cc1ccc(N2CC3CN(C(=O)NCc4ccc(F)cc4)CCN3C2=O)cc1C(F)(F)F. The van der Waals surface area contributed by atoms with Gasteiger partial charge < -0.3 is 15.1 Å². The van der Waals surface area contributed by atoms with Crippen molar-refractivity contribution in [3.05, 3.63) is 65.0 Å². The van der Waals surface area contributed by atoms with Crippen LogP contribution in [0.2, 0.25) is 0 Å². The van der Waals surface area contributed by atoms with Crippen LogP contribution in [-0.2, 0) is 12.7 Å². The van der Waals surface area contributed by atoms with Gasteiger partial charge in [0.2, 0.25) is 0 Å². The Balaban J connectivity index is 1.43. The molecule has 33 heavy (non-hydrogen) atoms. The molecular formula is C22H19F4N5O2. The summed E-state index contributed by atoms with van der Waals surface area (Å²) in [5.41, 5.74) is -0.832. The van der Waals surface area contributed by atoms with Gasteiger partial charge in [-0.1, -0.05) is 12.1 Å². The Morgan fingerprint density at radius 2 is 1.85 bits per heavy atom. The molecule has 0 saturated carbocycles. The number of amides is 4. The number of carbonyl (C=O) groups excluding carboxylic acids is 2. The van der Waals surface area contributed by atoms with Gasteiger partial charge >= 0.3 is 18.2 Å². The molecule has 0 aromatic heterocycles. The molecule has 2 aromatic carbocycles. The molecule has 0 bridgehead atoms. The molecule has 7 nitrogen and oxygen atoms in total. The molecule has 1 unspecified atom stereocenters. The lowest BCUT2D eigenvalue weighted by molar-refractivity contribution is -0.137. The number of nitrogens with zero attached hydrogens (tertiary/aromatic N) is 4. The van der Waals surface area contributed by atoms with E-state index in [1.807, 2.05) is 0 Å². The monoisotopic (exact) mass is 461 g/mol. The van der Waals surface area contributed by atoms with Crippen molar-refractivity contribution in [2.75, 3.05) is 31.1 Å². The Labute approximate surface area is 186 Å². The van der Waals surface area contributed by atoms with Crippen molar-refractivity contribution in [3.8, 4) is 6.07 Å². The van der Waals surface area contributed by atoms with Gasteiger partial charge in [0.05, 0.1) is 23.2 Å². The number of fused-ring (bicyclic) bond motifs is 1. The molecule has 0 aliphatic carbocycles. The van der Waals surface area contributed by atoms with Crippen molar-refractivity contribution in [2.45, 2.75) is 18.8 Å². The topological polar surface area (TPSA) is 79.7 Å². The molecule has 2 aliphatic rings. The van der Waals surface area contributed by atoms with Crippen LogP contribution in [0, 0.1) is 17.1 Å². The standard InChI is InChI=1S/C22H19F4N5O2/c23-16-4-1-14(2-5-16)11-28-20(32)29-7-8-30-18(12-29)13-31(21(30)33)17-6-3-15(10-27)19(9-17)22(24,25)26/h1-6,9,18H,7-8,11-13H2,(H,28,32). The second-order valence-electron chi connectivity index (χ2n) is 7.81. The van der Waals surface area contributed by atoms with Crippen LogP contribution in [0.4, 0.5) is 32.8 Å². The van der Waals surface area contributed by atoms with Gasteiger partial charge in [-0.2, -0.15) is 18.4 Å². The Morgan fingerprint density at radius 3 is 2.52 bits per heavy atom. The van der Waals surface area contributed by atoms with Crippen LogP contribution < -0.4 is 10.2 Å². The highest BCUT2D eigenvalue weighted by atomic mass is 19.4. The number of rotatable bonds is 3. The molecule has 2 aliphatic heterocycles. The maximum absolute atomic E-state index is 13.3. The Kier molecular flexibility index (Phi) is 5.84. The first-order valence-electron chi connectivity index (χ1n) is 10.1. The highest BCUT2D eigenvalue weighted by molar-refractivity contribution is 5.95. The van der Waals surface area contributed by atoms with Crippen molar-refractivity contribution in [1.29, 1.82) is 5.26 Å². The van der Waals surface area contributed by atoms with Crippen molar-refractivity contribution in [1.82, 2.24) is 15.1 Å². The normalized spacial score (nSPS) is 18.2. The summed E-state index contributed by atoms with van der Waals surface area (Å²) in [5.74, 6) is -0.374. The first-order chi connectivity index (χ1) is 15.7. The van der Waals surface area contributed by atoms with Crippen molar-refractivity contribution >= 4 is 17.7 Å². The average molecular weight is 461 g/mol. The van der Waals surface area contributed by atoms with Crippen molar-refractivity contribution in [2.24, 2.45) is 0 Å². The summed E-state index contributed by atoms with van der Waals surface area (Å²) in [4.78, 5) is 29.7. The van der Waals surface area contributed by atoms with E-state index in [9.17, 15) is 27.2 Å². The molecule has 4 rings (SSSR count). The maximum atomic E-state index is 13.3. The number of hydrogen-bond acceptors (Lipinski definition) is 3. The molecule has 2 saturated heterocycles. The lowest BCUT2D eigenvalue weighted by Crippen LogP contribution is -2.55. The minimum Gasteiger partial charge on any atom is -0.334 e. The smallest absolute Gasteiger partial charge is 0.334 e. The minimum atomic E-state index is -4.73. The van der Waals surface area contributed by atoms with Crippen LogP contribution >= 0.6 is 0 Å². The molecule has 0 spiro atoms. The third-order valence-corrected chi connectivity index (χ3v) is 5.74. The molecule has 172 valence electrons. The summed E-state index contributed by atoms with van der Waals surface area (Å²) in [6.07, 6.45) is -4.73. The fraction of sp³-hybridized carbons (Fsp3) is 0.318. The van der Waals surface area contributed by atoms with Gasteiger partial charge in [-0.3, -0.25) is 4.90 Å². The van der Waals surface area contributed by atoms with Gasteiger partial charge in [-0.15, -0.1) is 0 Å². The third kappa shape index (κ3) is 4.55. The first-order valence-corrected chi connectivity index (χ1v) is 10.1. The predicted molar refractivity (Wildman–Crippen MR) is 110 cm³/mol. The second-order valence-corrected chi connectivity index (χ2v) is 7.81. The number of nitriles is 1. The van der Waals surface area contributed by atoms with E-state index in [2.05, 4.69) is 5.32 Å². The zero-order valence-corrected chi connectivity index (χ0v) is 17.3. The van der Waals surface area contributed by atoms with Gasteiger partial charge in [0, 0.05) is 38.4 Å². The Bertz CT molecular complexity index is 1110. The number of hydrogen-bond donors (Lipinski definition) is 1. The van der Waals surface area contributed by atoms with E-state index in [0.717, 1.165) is 17.7 Å². The summed E-state index contributed by atoms with van der Waals surface area (Å²) in [7, 11) is 0. The lowest BCUT2D eigenvalue weighted by atomic mass is 10.1. The summed E-state index contributed by atoms with van der Waals surface area (Å²) < 4.78 is 53.0. The van der Waals surface area contributed by atoms with E-state index < -0.39 is 23.3 Å². The molecular weight excluding hydrogens is 442 g/mol. The van der Waals surface area contributed by atoms with Gasteiger partial charge in [0.15, 0.2) is 0 Å². The fourth-order valence-electron chi connectivity index (χ4n) is 4.03. The predicted octanol–water partition coefficient (Wildman–Crippen LogP) is 3.55. The van der Waals surface area contributed by atoms with E-state index >= 15 is 0 Å². The molecule has 11 heteroatoms. The molecule has 1 atom stereocenters. The van der Waals surface area contributed by atoms with Crippen LogP contribution in [0.15, 0.2) is 42.5 Å². The van der Waals surface area contributed by atoms with Gasteiger partial charge in [0.25, 0.3) is 0 Å². The minimum absolute atomic E-state index is 0.0491. The van der Waals surface area contributed by atoms with Crippen LogP contribution in [0.5, 0.6) is 0 Å². The highest BCUT2D eigenvalue weighted by Crippen LogP contribution is 2.36. The first kappa shape index (κ1) is 22.4. The second kappa shape index (κ2) is 8.61. The quantitative estimate of drug-likeness (QED) is 0.710. The van der Waals surface area contributed by atoms with E-state index in [1.54, 1.807) is 17.0 Å². The molecule has 2 aromatic rings. The number of benzene rings is 2. The highest BCUT2D eigenvalue weighted by Gasteiger charge is 2.43. The average Bonchev–Trinajstić information content (AvgIpc) is 3.13. The van der Waals surface area contributed by atoms with Gasteiger partial charge in [-0.25, -0.2) is 14.0 Å². The number of halogens is 4. The molecule has 2 fully saturated rings. The third-order valence-electron chi connectivity index (χ3n) is 5.74. The van der Waals surface area contributed by atoms with E-state index in [4.69, 9.17) is 5.26 Å². The summed E-state index contributed by atoms with van der Waals surface area (Å²) in [6.45, 7) is 1.06. The summed E-state index contributed by atoms with van der Waals surface area (Å²) in [6, 6.07) is 9.26. The largest absolute Gasteiger partial charge is 0.417 e. The Morgan fingerprint density at radius 1 is 1.12 bits per heavy atom. The summed E-state index contributed by atoms with van der Waals surface area (Å²) in [5, 5.41) is 11.7. The number of anilines is 1. The number of piperazine rings is 1. The van der Waals surface area contributed by atoms with Crippen molar-refractivity contribution < 1.29 is 27.2 Å². The molecule has 4 amide bonds. The van der Waals surface area contributed by atoms with Gasteiger partial charge in [0.1, 0.15) is 5.82 Å². The number of carbonyl (C=O) groups is 2. The van der Waals surface area contributed by atoms with E-state index in [-0.39, 0.29) is 56.3 Å². The number of nitrogens with one attached hydrogen (secondary N) is 1. The van der Waals surface area contributed by atoms with Crippen molar-refractivity contribution in [3.63, 3.8) is 0 Å². The summed E-state index contributed by atoms with van der Waals surface area (Å²) >= 11 is 0. The number of urea groups is 2. The van der Waals surface area contributed by atoms with Gasteiger partial charge in [-0.05, 0) is 35.9 Å². The molecule has 0 radical (unpaired) electrons. The zero-order valence-electron chi connectivity index (χ0n) is 17.3. The molecule has 1 N–H and O–H groups in total. The zero-order chi connectivity index (χ0) is 23.8. The Hall–Kier alpha value is -3.81. The maximum Gasteiger partial charge on any atom is 0.417 e. The lowest BCUT2D eigenvalue weighted by Gasteiger charge is -2.36.